The summed E-state index contributed by atoms with van der Waals surface area (Å²) in [6, 6.07) is 3.25. The van der Waals surface area contributed by atoms with Gasteiger partial charge in [-0.3, -0.25) is 14.2 Å². The van der Waals surface area contributed by atoms with Crippen LogP contribution >= 0.6 is 0 Å². The molecule has 25 heavy (non-hydrogen) atoms. The van der Waals surface area contributed by atoms with Gasteiger partial charge in [-0.15, -0.1) is 0 Å². The molecule has 1 aromatic heterocycles. The number of rotatable bonds is 6. The number of carbonyl (C=O) groups is 2. The molecule has 134 valence electrons. The molecule has 2 rings (SSSR count). The van der Waals surface area contributed by atoms with Crippen molar-refractivity contribution in [2.75, 3.05) is 0 Å². The normalized spacial score (nSPS) is 13.4. The zero-order valence-corrected chi connectivity index (χ0v) is 14.3. The predicted molar refractivity (Wildman–Crippen MR) is 92.8 cm³/mol. The Bertz CT molecular complexity index is 928. The van der Waals surface area contributed by atoms with E-state index in [1.165, 1.54) is 18.2 Å². The molecule has 8 nitrogen and oxygen atoms in total. The monoisotopic (exact) mass is 347 g/mol. The van der Waals surface area contributed by atoms with Crippen molar-refractivity contribution in [3.8, 4) is 0 Å². The number of carboxylic acids is 1. The zero-order valence-electron chi connectivity index (χ0n) is 14.3. The number of aromatic nitrogens is 2. The summed E-state index contributed by atoms with van der Waals surface area (Å²) in [5, 5.41) is 12.0. The first-order valence-corrected chi connectivity index (χ1v) is 8.10. The maximum atomic E-state index is 12.4. The Morgan fingerprint density at radius 2 is 1.96 bits per heavy atom. The summed E-state index contributed by atoms with van der Waals surface area (Å²) in [6.45, 7) is 5.50. The second-order valence-corrected chi connectivity index (χ2v) is 5.91. The minimum atomic E-state index is -1.11. The summed E-state index contributed by atoms with van der Waals surface area (Å²) in [4.78, 5) is 50.4. The molecule has 0 aliphatic heterocycles. The second kappa shape index (κ2) is 7.33. The summed E-state index contributed by atoms with van der Waals surface area (Å²) in [7, 11) is 0. The molecule has 0 aliphatic carbocycles. The van der Waals surface area contributed by atoms with E-state index in [1.807, 2.05) is 6.92 Å². The molecule has 0 saturated heterocycles. The molecular weight excluding hydrogens is 326 g/mol. The van der Waals surface area contributed by atoms with Gasteiger partial charge in [-0.05, 0) is 31.0 Å². The molecule has 1 aromatic carbocycles. The number of aromatic amines is 1. The van der Waals surface area contributed by atoms with E-state index in [2.05, 4.69) is 10.3 Å². The van der Waals surface area contributed by atoms with E-state index in [1.54, 1.807) is 13.8 Å². The highest BCUT2D eigenvalue weighted by atomic mass is 16.4. The summed E-state index contributed by atoms with van der Waals surface area (Å²) >= 11 is 0. The number of benzene rings is 1. The maximum absolute atomic E-state index is 12.4. The Morgan fingerprint density at radius 1 is 1.28 bits per heavy atom. The third kappa shape index (κ3) is 3.62. The lowest BCUT2D eigenvalue weighted by Gasteiger charge is -2.20. The Balaban J connectivity index is 2.41. The van der Waals surface area contributed by atoms with Crippen LogP contribution in [0, 0.1) is 5.92 Å². The minimum absolute atomic E-state index is 0.173. The molecule has 0 fully saturated rings. The second-order valence-electron chi connectivity index (χ2n) is 5.91. The van der Waals surface area contributed by atoms with Gasteiger partial charge < -0.3 is 15.4 Å². The standard InChI is InChI=1S/C17H21N3O5/c1-4-9(3)13(16(23)24)19-14(21)10-6-7-11-12(8-10)18-17(25)20(5-2)15(11)22/h6-9,13H,4-5H2,1-3H3,(H,18,25)(H,19,21)(H,23,24)/t9-,13-/m0/s1. The van der Waals surface area contributed by atoms with Crippen LogP contribution in [0.3, 0.4) is 0 Å². The Labute approximate surface area is 143 Å². The van der Waals surface area contributed by atoms with Crippen molar-refractivity contribution in [3.05, 3.63) is 44.6 Å². The first kappa shape index (κ1) is 18.4. The van der Waals surface area contributed by atoms with Crippen LogP contribution in [0.25, 0.3) is 10.9 Å². The topological polar surface area (TPSA) is 121 Å². The largest absolute Gasteiger partial charge is 0.480 e. The number of fused-ring (bicyclic) bond motifs is 1. The molecular formula is C17H21N3O5. The summed E-state index contributed by atoms with van der Waals surface area (Å²) in [6.07, 6.45) is 0.596. The van der Waals surface area contributed by atoms with E-state index >= 15 is 0 Å². The summed E-state index contributed by atoms with van der Waals surface area (Å²) in [5.41, 5.74) is -0.578. The molecule has 1 heterocycles. The number of carbonyl (C=O) groups excluding carboxylic acids is 1. The lowest BCUT2D eigenvalue weighted by molar-refractivity contribution is -0.140. The van der Waals surface area contributed by atoms with Crippen molar-refractivity contribution in [3.63, 3.8) is 0 Å². The van der Waals surface area contributed by atoms with Gasteiger partial charge >= 0.3 is 11.7 Å². The average Bonchev–Trinajstić information content (AvgIpc) is 2.58. The van der Waals surface area contributed by atoms with E-state index in [9.17, 15) is 24.3 Å². The summed E-state index contributed by atoms with van der Waals surface area (Å²) in [5.74, 6) is -1.92. The third-order valence-electron chi connectivity index (χ3n) is 4.33. The zero-order chi connectivity index (χ0) is 18.7. The molecule has 0 radical (unpaired) electrons. The molecule has 2 aromatic rings. The lowest BCUT2D eigenvalue weighted by Crippen LogP contribution is -2.45. The van der Waals surface area contributed by atoms with Gasteiger partial charge in [0.2, 0.25) is 0 Å². The fraction of sp³-hybridized carbons (Fsp3) is 0.412. The van der Waals surface area contributed by atoms with Crippen molar-refractivity contribution in [1.29, 1.82) is 0 Å². The highest BCUT2D eigenvalue weighted by molar-refractivity contribution is 5.99. The number of H-pyrrole nitrogens is 1. The number of hydrogen-bond acceptors (Lipinski definition) is 4. The van der Waals surface area contributed by atoms with Crippen molar-refractivity contribution < 1.29 is 14.7 Å². The van der Waals surface area contributed by atoms with Crippen LogP contribution in [0.2, 0.25) is 0 Å². The van der Waals surface area contributed by atoms with Crippen LogP contribution in [-0.4, -0.2) is 32.6 Å². The van der Waals surface area contributed by atoms with Gasteiger partial charge in [0.15, 0.2) is 0 Å². The molecule has 0 aliphatic rings. The predicted octanol–water partition coefficient (Wildman–Crippen LogP) is 0.939. The van der Waals surface area contributed by atoms with Crippen molar-refractivity contribution in [2.24, 2.45) is 5.92 Å². The Hall–Kier alpha value is -2.90. The third-order valence-corrected chi connectivity index (χ3v) is 4.33. The lowest BCUT2D eigenvalue weighted by atomic mass is 9.99. The molecule has 0 bridgehead atoms. The van der Waals surface area contributed by atoms with Gasteiger partial charge in [0.05, 0.1) is 10.9 Å². The van der Waals surface area contributed by atoms with Crippen LogP contribution in [0.1, 0.15) is 37.6 Å². The molecule has 8 heteroatoms. The quantitative estimate of drug-likeness (QED) is 0.718. The van der Waals surface area contributed by atoms with E-state index in [-0.39, 0.29) is 28.9 Å². The van der Waals surface area contributed by atoms with Gasteiger partial charge in [-0.1, -0.05) is 20.3 Å². The maximum Gasteiger partial charge on any atom is 0.328 e. The van der Waals surface area contributed by atoms with Gasteiger partial charge in [0.25, 0.3) is 11.5 Å². The van der Waals surface area contributed by atoms with Crippen molar-refractivity contribution in [1.82, 2.24) is 14.9 Å². The SMILES string of the molecule is CC[C@H](C)[C@H](NC(=O)c1ccc2c(=O)n(CC)c(=O)[nH]c2c1)C(=O)O. The highest BCUT2D eigenvalue weighted by Crippen LogP contribution is 2.12. The Kier molecular flexibility index (Phi) is 5.41. The van der Waals surface area contributed by atoms with Crippen molar-refractivity contribution in [2.45, 2.75) is 39.8 Å². The number of amides is 1. The molecule has 2 atom stereocenters. The number of aliphatic carboxylic acids is 1. The number of nitrogens with zero attached hydrogens (tertiary/aromatic N) is 1. The van der Waals surface area contributed by atoms with Crippen LogP contribution < -0.4 is 16.6 Å². The van der Waals surface area contributed by atoms with Gasteiger partial charge in [-0.25, -0.2) is 9.59 Å². The fourth-order valence-corrected chi connectivity index (χ4v) is 2.59. The average molecular weight is 347 g/mol. The van der Waals surface area contributed by atoms with Gasteiger partial charge in [-0.2, -0.15) is 0 Å². The van der Waals surface area contributed by atoms with E-state index in [0.717, 1.165) is 4.57 Å². The van der Waals surface area contributed by atoms with E-state index in [4.69, 9.17) is 0 Å². The molecule has 1 amide bonds. The van der Waals surface area contributed by atoms with Gasteiger partial charge in [0.1, 0.15) is 6.04 Å². The number of nitrogens with one attached hydrogen (secondary N) is 2. The Morgan fingerprint density at radius 3 is 2.52 bits per heavy atom. The molecule has 0 unspecified atom stereocenters. The van der Waals surface area contributed by atoms with Gasteiger partial charge in [0, 0.05) is 12.1 Å². The highest BCUT2D eigenvalue weighted by Gasteiger charge is 2.25. The first-order chi connectivity index (χ1) is 11.8. The van der Waals surface area contributed by atoms with E-state index in [0.29, 0.717) is 6.42 Å². The summed E-state index contributed by atoms with van der Waals surface area (Å²) < 4.78 is 1.06. The first-order valence-electron chi connectivity index (χ1n) is 8.10. The molecule has 0 spiro atoms. The smallest absolute Gasteiger partial charge is 0.328 e. The number of hydrogen-bond donors (Lipinski definition) is 3. The van der Waals surface area contributed by atoms with Crippen LogP contribution in [0.15, 0.2) is 27.8 Å². The van der Waals surface area contributed by atoms with Crippen LogP contribution in [0.4, 0.5) is 0 Å². The van der Waals surface area contributed by atoms with Crippen molar-refractivity contribution >= 4 is 22.8 Å². The van der Waals surface area contributed by atoms with Crippen LogP contribution in [-0.2, 0) is 11.3 Å². The van der Waals surface area contributed by atoms with E-state index < -0.39 is 29.2 Å². The minimum Gasteiger partial charge on any atom is -0.480 e. The molecule has 0 saturated carbocycles. The number of carboxylic acid groups (broad SMARTS) is 1. The fourth-order valence-electron chi connectivity index (χ4n) is 2.59. The molecule has 3 N–H and O–H groups in total. The van der Waals surface area contributed by atoms with Crippen LogP contribution in [0.5, 0.6) is 0 Å².